The molecule has 14 rings (SSSR count). The van der Waals surface area contributed by atoms with Gasteiger partial charge in [0.15, 0.2) is 0 Å². The SMILES string of the molecule is CC(C)(C)C(CN)c1ccccc1.CC(C)(C)C(Cc1ccc(Cl)cc1)N1CCCCC1.CC(C)(C)C(Cc1ccc(Cl)cc1)N1CCOCC1.CC(C)(C)C(Cc1ccc(F)cc1)N1CCCCC1.CC(C)(C)C(Cc1ccccc1)N1CCCCC1.CC(C)(C)C(Cc1ccccc1)N1CCNCC1.CCCC(c1ccccc1)C(C)(C)C.CN1CCN(C(Cc2ccc(Cl)cc2)C(C)(C)C)CC1. The molecule has 6 saturated heterocycles. The van der Waals surface area contributed by atoms with Crippen LogP contribution in [0.1, 0.15) is 300 Å². The first kappa shape index (κ1) is 121. The second-order valence-electron chi connectivity index (χ2n) is 49.7. The van der Waals surface area contributed by atoms with Crippen molar-refractivity contribution in [2.75, 3.05) is 132 Å². The van der Waals surface area contributed by atoms with Gasteiger partial charge in [0.25, 0.3) is 0 Å². The number of benzene rings is 8. The van der Waals surface area contributed by atoms with E-state index in [1.165, 1.54) is 200 Å². The highest BCUT2D eigenvalue weighted by molar-refractivity contribution is 6.31. The molecule has 8 atom stereocenters. The zero-order valence-corrected chi connectivity index (χ0v) is 95.3. The van der Waals surface area contributed by atoms with Crippen LogP contribution < -0.4 is 11.1 Å². The van der Waals surface area contributed by atoms with Gasteiger partial charge in [-0.25, -0.2) is 4.39 Å². The molecule has 0 amide bonds. The molecule has 780 valence electrons. The van der Waals surface area contributed by atoms with Crippen LogP contribution in [0.2, 0.25) is 15.1 Å². The van der Waals surface area contributed by atoms with Crippen LogP contribution in [-0.4, -0.2) is 202 Å². The standard InChI is InChI=1S/C17H27ClN2.C17H26ClN.C17H26FN.C17H27N.C16H24ClNO.C16H26N2.C14H22.C12H19N/c1-17(2,3)16(20-11-9-19(4)10-12-20)13-14-5-7-15(18)8-6-14;2*1-17(2,3)16(19-11-5-4-6-12-19)13-14-7-9-15(18)10-8-14;1-17(2,3)16(18-12-8-5-9-13-18)14-15-10-6-4-7-11-15;1-16(2,3)15(18-8-10-19-11-9-18)12-13-4-6-14(17)7-5-13;1-16(2,3)15(18-11-9-17-10-12-18)13-14-7-5-4-6-8-14;1-5-9-13(14(2,3)4)12-10-7-6-8-11-12;1-12(2,3)11(9-13)10-7-5-4-6-8-10/h5-8,16H,9-13H2,1-4H3;2*7-10,16H,4-6,11-13H2,1-3H3;4,6-7,10-11,16H,5,8-9,12-14H2,1-3H3;4-7,15H,8-12H2,1-3H3;4-8,15,17H,9-13H2,1-3H3;6-8,10-11,13H,5,9H2,1-4H3;4-8,11H,9,13H2,1-3H3. The van der Waals surface area contributed by atoms with Crippen LogP contribution in [0.25, 0.3) is 0 Å². The molecule has 10 nitrogen and oxygen atoms in total. The number of rotatable bonds is 23. The molecular formula is C126H197Cl3FN9O. The summed E-state index contributed by atoms with van der Waals surface area (Å²) in [6.07, 6.45) is 21.5. The maximum absolute atomic E-state index is 13.0. The van der Waals surface area contributed by atoms with Gasteiger partial charge in [0.05, 0.1) is 13.2 Å². The molecule has 8 aromatic carbocycles. The number of hydrogen-bond donors (Lipinski definition) is 2. The number of ether oxygens (including phenoxy) is 1. The van der Waals surface area contributed by atoms with E-state index in [9.17, 15) is 4.39 Å². The largest absolute Gasteiger partial charge is 0.379 e. The second-order valence-corrected chi connectivity index (χ2v) is 51.0. The lowest BCUT2D eigenvalue weighted by atomic mass is 9.74. The highest BCUT2D eigenvalue weighted by atomic mass is 35.5. The number of morpholine rings is 1. The number of nitrogens with two attached hydrogens (primary N) is 1. The summed E-state index contributed by atoms with van der Waals surface area (Å²) < 4.78 is 18.5. The maximum atomic E-state index is 13.0. The monoisotopic (exact) mass is 1980 g/mol. The van der Waals surface area contributed by atoms with Crippen molar-refractivity contribution in [3.8, 4) is 0 Å². The fourth-order valence-electron chi connectivity index (χ4n) is 21.4. The van der Waals surface area contributed by atoms with Crippen molar-refractivity contribution in [2.24, 2.45) is 49.1 Å². The zero-order valence-electron chi connectivity index (χ0n) is 93.0. The molecule has 140 heavy (non-hydrogen) atoms. The number of piperazine rings is 2. The fourth-order valence-corrected chi connectivity index (χ4v) is 21.8. The van der Waals surface area contributed by atoms with E-state index in [2.05, 4.69) is 371 Å². The van der Waals surface area contributed by atoms with E-state index in [-0.39, 0.29) is 27.5 Å². The van der Waals surface area contributed by atoms with Crippen molar-refractivity contribution in [3.05, 3.63) is 284 Å². The summed E-state index contributed by atoms with van der Waals surface area (Å²) in [5.41, 5.74) is 19.4. The van der Waals surface area contributed by atoms with E-state index in [0.29, 0.717) is 76.3 Å². The summed E-state index contributed by atoms with van der Waals surface area (Å²) in [7, 11) is 2.21. The molecule has 6 heterocycles. The van der Waals surface area contributed by atoms with Crippen molar-refractivity contribution in [3.63, 3.8) is 0 Å². The molecule has 6 aliphatic heterocycles. The minimum Gasteiger partial charge on any atom is -0.379 e. The number of halogens is 4. The van der Waals surface area contributed by atoms with Crippen LogP contribution in [-0.2, 0) is 43.3 Å². The molecule has 6 fully saturated rings. The van der Waals surface area contributed by atoms with E-state index >= 15 is 0 Å². The van der Waals surface area contributed by atoms with Crippen molar-refractivity contribution >= 4 is 34.8 Å². The Morgan fingerprint density at radius 2 is 0.521 bits per heavy atom. The van der Waals surface area contributed by atoms with Crippen LogP contribution in [0.15, 0.2) is 218 Å². The molecule has 0 aliphatic carbocycles. The Hall–Kier alpha value is -5.84. The summed E-state index contributed by atoms with van der Waals surface area (Å²) in [6.45, 7) is 79.6. The van der Waals surface area contributed by atoms with Crippen molar-refractivity contribution in [2.45, 2.75) is 330 Å². The molecule has 8 unspecified atom stereocenters. The summed E-state index contributed by atoms with van der Waals surface area (Å²) in [5.74, 6) is 0.997. The van der Waals surface area contributed by atoms with Gasteiger partial charge in [-0.05, 0) is 279 Å². The van der Waals surface area contributed by atoms with Gasteiger partial charge in [-0.1, -0.05) is 403 Å². The number of piperidine rings is 3. The molecule has 0 saturated carbocycles. The van der Waals surface area contributed by atoms with E-state index in [1.807, 2.05) is 54.6 Å². The number of nitrogens with one attached hydrogen (secondary N) is 1. The lowest BCUT2D eigenvalue weighted by Gasteiger charge is -2.44. The normalized spacial score (nSPS) is 18.5. The number of likely N-dealkylation sites (N-methyl/N-ethyl adjacent to an activating group) is 1. The third kappa shape index (κ3) is 44.8. The Bertz CT molecular complexity index is 4260. The number of likely N-dealkylation sites (tertiary alicyclic amines) is 3. The number of nitrogens with zero attached hydrogens (tertiary/aromatic N) is 7. The van der Waals surface area contributed by atoms with E-state index in [1.54, 1.807) is 12.1 Å². The molecular weight excluding hydrogens is 1780 g/mol. The van der Waals surface area contributed by atoms with Crippen LogP contribution in [0, 0.1) is 49.1 Å². The molecule has 6 aliphatic rings. The summed E-state index contributed by atoms with van der Waals surface area (Å²) in [5, 5.41) is 5.90. The van der Waals surface area contributed by atoms with Crippen molar-refractivity contribution < 1.29 is 9.13 Å². The van der Waals surface area contributed by atoms with Crippen LogP contribution in [0.5, 0.6) is 0 Å². The Balaban J connectivity index is 0.000000218. The smallest absolute Gasteiger partial charge is 0.123 e. The summed E-state index contributed by atoms with van der Waals surface area (Å²) >= 11 is 17.9. The second kappa shape index (κ2) is 59.8. The molecule has 0 spiro atoms. The third-order valence-electron chi connectivity index (χ3n) is 29.8. The molecule has 0 radical (unpaired) electrons. The number of hydrogen-bond acceptors (Lipinski definition) is 10. The molecule has 3 N–H and O–H groups in total. The summed E-state index contributed by atoms with van der Waals surface area (Å²) in [4.78, 5) is 18.3. The fraction of sp³-hybridized carbons (Fsp3) is 0.619. The van der Waals surface area contributed by atoms with Gasteiger partial charge in [-0.15, -0.1) is 0 Å². The Kier molecular flexibility index (Phi) is 51.8. The lowest BCUT2D eigenvalue weighted by Crippen LogP contribution is -2.53. The minimum atomic E-state index is -0.144. The predicted molar refractivity (Wildman–Crippen MR) is 609 cm³/mol. The van der Waals surface area contributed by atoms with Gasteiger partial charge in [-0.2, -0.15) is 0 Å². The average molecular weight is 1980 g/mol. The first-order valence-electron chi connectivity index (χ1n) is 54.3. The van der Waals surface area contributed by atoms with E-state index < -0.39 is 0 Å². The third-order valence-corrected chi connectivity index (χ3v) is 30.5. The van der Waals surface area contributed by atoms with Gasteiger partial charge in [0, 0.05) is 123 Å². The molecule has 0 bridgehead atoms. The Morgan fingerprint density at radius 3 is 0.779 bits per heavy atom. The molecule has 8 aromatic rings. The van der Waals surface area contributed by atoms with Crippen LogP contribution in [0.3, 0.4) is 0 Å². The van der Waals surface area contributed by atoms with Gasteiger partial charge in [0.1, 0.15) is 5.82 Å². The van der Waals surface area contributed by atoms with Crippen LogP contribution in [0.4, 0.5) is 4.39 Å². The zero-order chi connectivity index (χ0) is 103. The van der Waals surface area contributed by atoms with Crippen molar-refractivity contribution in [1.82, 2.24) is 39.6 Å². The Morgan fingerprint density at radius 1 is 0.286 bits per heavy atom. The summed E-state index contributed by atoms with van der Waals surface area (Å²) in [6, 6.07) is 78.7. The van der Waals surface area contributed by atoms with Gasteiger partial charge < -0.3 is 20.7 Å². The van der Waals surface area contributed by atoms with Crippen LogP contribution >= 0.6 is 34.8 Å². The predicted octanol–water partition coefficient (Wildman–Crippen LogP) is 30.3. The van der Waals surface area contributed by atoms with Gasteiger partial charge in [-0.3, -0.25) is 29.4 Å². The van der Waals surface area contributed by atoms with Crippen molar-refractivity contribution in [1.29, 1.82) is 0 Å². The highest BCUT2D eigenvalue weighted by Gasteiger charge is 2.38. The van der Waals surface area contributed by atoms with E-state index in [0.717, 1.165) is 86.6 Å². The lowest BCUT2D eigenvalue weighted by molar-refractivity contribution is -0.0101. The first-order valence-corrected chi connectivity index (χ1v) is 55.4. The maximum Gasteiger partial charge on any atom is 0.123 e. The molecule has 14 heteroatoms. The first-order chi connectivity index (χ1) is 66.0. The van der Waals surface area contributed by atoms with Gasteiger partial charge >= 0.3 is 0 Å². The molecule has 0 aromatic heterocycles. The quantitative estimate of drug-likeness (QED) is 0.0647. The topological polar surface area (TPSA) is 70.0 Å². The van der Waals surface area contributed by atoms with Gasteiger partial charge in [0.2, 0.25) is 0 Å². The highest BCUT2D eigenvalue weighted by Crippen LogP contribution is 2.41. The Labute approximate surface area is 872 Å². The average Bonchev–Trinajstić information content (AvgIpc) is 0.826. The van der Waals surface area contributed by atoms with E-state index in [4.69, 9.17) is 45.3 Å². The minimum absolute atomic E-state index is 0.144.